The Balaban J connectivity index is 2.23. The lowest BCUT2D eigenvalue weighted by Gasteiger charge is -2.02. The maximum atomic E-state index is 11.7. The fourth-order valence-electron chi connectivity index (χ4n) is 1.68. The summed E-state index contributed by atoms with van der Waals surface area (Å²) in [5.74, 6) is -0.0192. The fraction of sp³-hybridized carbons (Fsp3) is 0.467. The number of hydrogen-bond donors (Lipinski definition) is 2. The number of imidazole rings is 1. The standard InChI is InChI=1S/C15H23N3O/c1-12(2)5-4-6-13(3)9-15(19)17-8-7-14-10-16-11-18-14/h5,9-11H,4,6-8H2,1-3H3,(H,16,18)(H,17,19)/b13-9+. The summed E-state index contributed by atoms with van der Waals surface area (Å²) >= 11 is 0. The Kier molecular flexibility index (Phi) is 6.64. The lowest BCUT2D eigenvalue weighted by atomic mass is 10.1. The Morgan fingerprint density at radius 3 is 2.84 bits per heavy atom. The zero-order valence-corrected chi connectivity index (χ0v) is 12.0. The molecule has 0 unspecified atom stereocenters. The molecule has 0 aromatic carbocycles. The summed E-state index contributed by atoms with van der Waals surface area (Å²) < 4.78 is 0. The number of carbonyl (C=O) groups is 1. The third-order valence-electron chi connectivity index (χ3n) is 2.72. The van der Waals surface area contributed by atoms with Crippen LogP contribution in [0.15, 0.2) is 35.8 Å². The summed E-state index contributed by atoms with van der Waals surface area (Å²) in [5.41, 5.74) is 3.46. The van der Waals surface area contributed by atoms with Crippen molar-refractivity contribution < 1.29 is 4.79 Å². The molecule has 1 aromatic heterocycles. The first-order chi connectivity index (χ1) is 9.08. The molecular weight excluding hydrogens is 238 g/mol. The number of nitrogens with one attached hydrogen (secondary N) is 2. The molecule has 19 heavy (non-hydrogen) atoms. The third-order valence-corrected chi connectivity index (χ3v) is 2.72. The average Bonchev–Trinajstić information content (AvgIpc) is 2.81. The molecule has 1 heterocycles. The molecule has 0 fully saturated rings. The topological polar surface area (TPSA) is 57.8 Å². The summed E-state index contributed by atoms with van der Waals surface area (Å²) in [7, 11) is 0. The number of H-pyrrole nitrogens is 1. The zero-order chi connectivity index (χ0) is 14.1. The van der Waals surface area contributed by atoms with Crippen molar-refractivity contribution in [3.63, 3.8) is 0 Å². The molecule has 0 radical (unpaired) electrons. The molecule has 0 aliphatic rings. The van der Waals surface area contributed by atoms with E-state index in [2.05, 4.69) is 35.2 Å². The first-order valence-electron chi connectivity index (χ1n) is 6.63. The van der Waals surface area contributed by atoms with Gasteiger partial charge in [-0.3, -0.25) is 4.79 Å². The van der Waals surface area contributed by atoms with Crippen LogP contribution in [-0.2, 0) is 11.2 Å². The van der Waals surface area contributed by atoms with Crippen LogP contribution in [-0.4, -0.2) is 22.4 Å². The van der Waals surface area contributed by atoms with Gasteiger partial charge in [-0.1, -0.05) is 17.2 Å². The smallest absolute Gasteiger partial charge is 0.243 e. The Bertz CT molecular complexity index is 440. The van der Waals surface area contributed by atoms with Gasteiger partial charge in [-0.15, -0.1) is 0 Å². The van der Waals surface area contributed by atoms with Crippen LogP contribution in [0, 0.1) is 0 Å². The minimum absolute atomic E-state index is 0.0192. The molecule has 0 saturated carbocycles. The van der Waals surface area contributed by atoms with Crippen LogP contribution in [0.3, 0.4) is 0 Å². The van der Waals surface area contributed by atoms with Crippen LogP contribution in [0.4, 0.5) is 0 Å². The van der Waals surface area contributed by atoms with Crippen molar-refractivity contribution in [2.24, 2.45) is 0 Å². The molecule has 4 heteroatoms. The maximum absolute atomic E-state index is 11.7. The van der Waals surface area contributed by atoms with E-state index in [-0.39, 0.29) is 5.91 Å². The molecule has 2 N–H and O–H groups in total. The molecule has 1 amide bonds. The molecule has 1 aromatic rings. The monoisotopic (exact) mass is 261 g/mol. The molecule has 1 rings (SSSR count). The van der Waals surface area contributed by atoms with E-state index in [0.29, 0.717) is 6.54 Å². The number of carbonyl (C=O) groups excluding carboxylic acids is 1. The van der Waals surface area contributed by atoms with Crippen LogP contribution in [0.5, 0.6) is 0 Å². The van der Waals surface area contributed by atoms with Crippen molar-refractivity contribution in [3.8, 4) is 0 Å². The molecule has 4 nitrogen and oxygen atoms in total. The first kappa shape index (κ1) is 15.2. The van der Waals surface area contributed by atoms with Crippen molar-refractivity contribution in [1.29, 1.82) is 0 Å². The summed E-state index contributed by atoms with van der Waals surface area (Å²) in [4.78, 5) is 18.6. The van der Waals surface area contributed by atoms with Gasteiger partial charge in [0.05, 0.1) is 6.33 Å². The number of amides is 1. The van der Waals surface area contributed by atoms with E-state index < -0.39 is 0 Å². The van der Waals surface area contributed by atoms with Gasteiger partial charge in [-0.25, -0.2) is 4.98 Å². The Labute approximate surface area is 115 Å². The largest absolute Gasteiger partial charge is 0.352 e. The van der Waals surface area contributed by atoms with E-state index in [4.69, 9.17) is 0 Å². The van der Waals surface area contributed by atoms with E-state index in [9.17, 15) is 4.79 Å². The van der Waals surface area contributed by atoms with Gasteiger partial charge in [-0.2, -0.15) is 0 Å². The third kappa shape index (κ3) is 7.24. The van der Waals surface area contributed by atoms with Crippen molar-refractivity contribution in [1.82, 2.24) is 15.3 Å². The molecule has 0 aliphatic carbocycles. The quantitative estimate of drug-likeness (QED) is 0.585. The highest BCUT2D eigenvalue weighted by molar-refractivity contribution is 5.88. The van der Waals surface area contributed by atoms with Gasteiger partial charge in [0, 0.05) is 30.9 Å². The van der Waals surface area contributed by atoms with Crippen LogP contribution >= 0.6 is 0 Å². The lowest BCUT2D eigenvalue weighted by Crippen LogP contribution is -2.24. The zero-order valence-electron chi connectivity index (χ0n) is 12.0. The average molecular weight is 261 g/mol. The predicted octanol–water partition coefficient (Wildman–Crippen LogP) is 2.76. The summed E-state index contributed by atoms with van der Waals surface area (Å²) in [6.45, 7) is 6.79. The van der Waals surface area contributed by atoms with Crippen LogP contribution in [0.2, 0.25) is 0 Å². The second kappa shape index (κ2) is 8.29. The molecule has 0 bridgehead atoms. The van der Waals surface area contributed by atoms with Gasteiger partial charge in [-0.05, 0) is 33.6 Å². The van der Waals surface area contributed by atoms with E-state index in [1.54, 1.807) is 18.6 Å². The minimum Gasteiger partial charge on any atom is -0.352 e. The highest BCUT2D eigenvalue weighted by Gasteiger charge is 1.99. The van der Waals surface area contributed by atoms with Crippen molar-refractivity contribution in [2.45, 2.75) is 40.0 Å². The molecule has 0 atom stereocenters. The molecule has 0 spiro atoms. The number of hydrogen-bond acceptors (Lipinski definition) is 2. The number of rotatable bonds is 7. The van der Waals surface area contributed by atoms with Crippen LogP contribution < -0.4 is 5.32 Å². The summed E-state index contributed by atoms with van der Waals surface area (Å²) in [6, 6.07) is 0. The second-order valence-electron chi connectivity index (χ2n) is 4.93. The maximum Gasteiger partial charge on any atom is 0.243 e. The van der Waals surface area contributed by atoms with Gasteiger partial charge in [0.1, 0.15) is 0 Å². The van der Waals surface area contributed by atoms with Crippen LogP contribution in [0.25, 0.3) is 0 Å². The van der Waals surface area contributed by atoms with Gasteiger partial charge < -0.3 is 10.3 Å². The second-order valence-corrected chi connectivity index (χ2v) is 4.93. The SMILES string of the molecule is CC(C)=CCC/C(C)=C/C(=O)NCCc1cnc[nH]1. The van der Waals surface area contributed by atoms with E-state index >= 15 is 0 Å². The molecule has 0 saturated heterocycles. The first-order valence-corrected chi connectivity index (χ1v) is 6.63. The minimum atomic E-state index is -0.0192. The summed E-state index contributed by atoms with van der Waals surface area (Å²) in [5, 5.41) is 2.87. The normalized spacial score (nSPS) is 11.2. The van der Waals surface area contributed by atoms with E-state index in [1.165, 1.54) is 5.57 Å². The molecule has 104 valence electrons. The van der Waals surface area contributed by atoms with Crippen LogP contribution in [0.1, 0.15) is 39.3 Å². The number of nitrogens with zero attached hydrogens (tertiary/aromatic N) is 1. The number of aromatic nitrogens is 2. The van der Waals surface area contributed by atoms with Gasteiger partial charge in [0.15, 0.2) is 0 Å². The van der Waals surface area contributed by atoms with Gasteiger partial charge in [0.25, 0.3) is 0 Å². The van der Waals surface area contributed by atoms with Crippen molar-refractivity contribution in [2.75, 3.05) is 6.54 Å². The van der Waals surface area contributed by atoms with Gasteiger partial charge >= 0.3 is 0 Å². The highest BCUT2D eigenvalue weighted by atomic mass is 16.1. The fourth-order valence-corrected chi connectivity index (χ4v) is 1.68. The Hall–Kier alpha value is -1.84. The lowest BCUT2D eigenvalue weighted by molar-refractivity contribution is -0.116. The summed E-state index contributed by atoms with van der Waals surface area (Å²) in [6.07, 6.45) is 9.98. The Morgan fingerprint density at radius 1 is 1.42 bits per heavy atom. The van der Waals surface area contributed by atoms with E-state index in [0.717, 1.165) is 30.5 Å². The van der Waals surface area contributed by atoms with Crippen molar-refractivity contribution >= 4 is 5.91 Å². The molecule has 0 aliphatic heterocycles. The van der Waals surface area contributed by atoms with Crippen molar-refractivity contribution in [3.05, 3.63) is 41.5 Å². The highest BCUT2D eigenvalue weighted by Crippen LogP contribution is 2.06. The van der Waals surface area contributed by atoms with Gasteiger partial charge in [0.2, 0.25) is 5.91 Å². The number of allylic oxidation sites excluding steroid dienone is 3. The van der Waals surface area contributed by atoms with E-state index in [1.807, 2.05) is 6.92 Å². The molecular formula is C15H23N3O. The Morgan fingerprint density at radius 2 is 2.21 bits per heavy atom. The predicted molar refractivity (Wildman–Crippen MR) is 77.7 cm³/mol. The number of aromatic amines is 1.